The average molecular weight is 290 g/mol. The number of hydrogen-bond donors (Lipinski definition) is 1. The summed E-state index contributed by atoms with van der Waals surface area (Å²) in [5.41, 5.74) is 8.98. The fourth-order valence-electron chi connectivity index (χ4n) is 2.46. The first-order chi connectivity index (χ1) is 9.88. The van der Waals surface area contributed by atoms with Gasteiger partial charge < -0.3 is 10.6 Å². The van der Waals surface area contributed by atoms with Gasteiger partial charge in [0.25, 0.3) is 0 Å². The second kappa shape index (κ2) is 9.22. The Kier molecular flexibility index (Phi) is 7.98. The van der Waals surface area contributed by atoms with Crippen LogP contribution in [0.3, 0.4) is 0 Å². The first kappa shape index (κ1) is 18.2. The molecule has 1 atom stereocenters. The maximum Gasteiger partial charge on any atom is 0.0424 e. The zero-order chi connectivity index (χ0) is 15.8. The highest BCUT2D eigenvalue weighted by Gasteiger charge is 2.13. The predicted molar refractivity (Wildman–Crippen MR) is 93.5 cm³/mol. The molecule has 1 aromatic carbocycles. The number of rotatable bonds is 9. The van der Waals surface area contributed by atoms with Crippen LogP contribution in [0.2, 0.25) is 0 Å². The van der Waals surface area contributed by atoms with Crippen LogP contribution in [-0.2, 0) is 0 Å². The Morgan fingerprint density at radius 2 is 1.57 bits per heavy atom. The lowest BCUT2D eigenvalue weighted by molar-refractivity contribution is 0.230. The lowest BCUT2D eigenvalue weighted by atomic mass is 10.0. The van der Waals surface area contributed by atoms with Crippen LogP contribution in [0.25, 0.3) is 0 Å². The standard InChI is InChI=1S/C19H34N2/c1-15(2)9-11-21(12-10-16(3)4)14-19(20)18-8-6-7-17(5)13-18/h6-8,13,15-16,19H,9-12,14,20H2,1-5H3. The van der Waals surface area contributed by atoms with E-state index in [1.165, 1.54) is 24.0 Å². The van der Waals surface area contributed by atoms with Crippen LogP contribution < -0.4 is 5.73 Å². The number of nitrogens with two attached hydrogens (primary N) is 1. The van der Waals surface area contributed by atoms with E-state index in [-0.39, 0.29) is 6.04 Å². The van der Waals surface area contributed by atoms with Crippen molar-refractivity contribution in [2.45, 2.75) is 53.5 Å². The fraction of sp³-hybridized carbons (Fsp3) is 0.684. The smallest absolute Gasteiger partial charge is 0.0424 e. The molecule has 1 unspecified atom stereocenters. The summed E-state index contributed by atoms with van der Waals surface area (Å²) >= 11 is 0. The molecule has 2 nitrogen and oxygen atoms in total. The number of benzene rings is 1. The van der Waals surface area contributed by atoms with E-state index in [1.807, 2.05) is 0 Å². The van der Waals surface area contributed by atoms with Crippen LogP contribution in [0.1, 0.15) is 57.7 Å². The molecule has 0 fully saturated rings. The van der Waals surface area contributed by atoms with Crippen LogP contribution in [0, 0.1) is 18.8 Å². The molecule has 2 N–H and O–H groups in total. The molecular formula is C19H34N2. The molecule has 0 aliphatic heterocycles. The van der Waals surface area contributed by atoms with Gasteiger partial charge in [-0.25, -0.2) is 0 Å². The van der Waals surface area contributed by atoms with Crippen LogP contribution >= 0.6 is 0 Å². The minimum absolute atomic E-state index is 0.115. The molecule has 0 aromatic heterocycles. The van der Waals surface area contributed by atoms with Crippen molar-refractivity contribution in [3.63, 3.8) is 0 Å². The van der Waals surface area contributed by atoms with E-state index in [4.69, 9.17) is 5.73 Å². The highest BCUT2D eigenvalue weighted by molar-refractivity contribution is 5.25. The Hall–Kier alpha value is -0.860. The molecule has 0 aliphatic carbocycles. The van der Waals surface area contributed by atoms with Gasteiger partial charge in [-0.3, -0.25) is 0 Å². The van der Waals surface area contributed by atoms with E-state index >= 15 is 0 Å². The first-order valence-corrected chi connectivity index (χ1v) is 8.43. The summed E-state index contributed by atoms with van der Waals surface area (Å²) in [7, 11) is 0. The summed E-state index contributed by atoms with van der Waals surface area (Å²) in [6.07, 6.45) is 2.50. The van der Waals surface area contributed by atoms with Gasteiger partial charge in [-0.05, 0) is 50.3 Å². The van der Waals surface area contributed by atoms with Gasteiger partial charge in [-0.2, -0.15) is 0 Å². The van der Waals surface area contributed by atoms with E-state index in [2.05, 4.69) is 63.8 Å². The van der Waals surface area contributed by atoms with Gasteiger partial charge in [-0.15, -0.1) is 0 Å². The Labute approximate surface area is 131 Å². The fourth-order valence-corrected chi connectivity index (χ4v) is 2.46. The minimum Gasteiger partial charge on any atom is -0.323 e. The van der Waals surface area contributed by atoms with Gasteiger partial charge in [0.15, 0.2) is 0 Å². The molecule has 0 bridgehead atoms. The molecule has 1 aromatic rings. The molecule has 0 heterocycles. The lowest BCUT2D eigenvalue weighted by Gasteiger charge is -2.27. The van der Waals surface area contributed by atoms with Crippen LogP contribution in [-0.4, -0.2) is 24.5 Å². The third-order valence-corrected chi connectivity index (χ3v) is 3.97. The highest BCUT2D eigenvalue weighted by atomic mass is 15.1. The maximum absolute atomic E-state index is 6.44. The molecule has 0 aliphatic rings. The molecular weight excluding hydrogens is 256 g/mol. The van der Waals surface area contributed by atoms with Crippen LogP contribution in [0.4, 0.5) is 0 Å². The van der Waals surface area contributed by atoms with Gasteiger partial charge in [-0.1, -0.05) is 57.5 Å². The summed E-state index contributed by atoms with van der Waals surface area (Å²) in [6, 6.07) is 8.72. The molecule has 21 heavy (non-hydrogen) atoms. The Morgan fingerprint density at radius 1 is 1.00 bits per heavy atom. The molecule has 2 heteroatoms. The highest BCUT2D eigenvalue weighted by Crippen LogP contribution is 2.15. The molecule has 0 saturated heterocycles. The normalized spacial score (nSPS) is 13.4. The van der Waals surface area contributed by atoms with Crippen LogP contribution in [0.5, 0.6) is 0 Å². The summed E-state index contributed by atoms with van der Waals surface area (Å²) < 4.78 is 0. The van der Waals surface area contributed by atoms with Gasteiger partial charge in [0.2, 0.25) is 0 Å². The molecule has 0 saturated carbocycles. The number of nitrogens with zero attached hydrogens (tertiary/aromatic N) is 1. The summed E-state index contributed by atoms with van der Waals surface area (Å²) in [5.74, 6) is 1.50. The van der Waals surface area contributed by atoms with Gasteiger partial charge in [0.1, 0.15) is 0 Å². The van der Waals surface area contributed by atoms with Crippen molar-refractivity contribution >= 4 is 0 Å². The van der Waals surface area contributed by atoms with Gasteiger partial charge >= 0.3 is 0 Å². The monoisotopic (exact) mass is 290 g/mol. The molecule has 0 spiro atoms. The maximum atomic E-state index is 6.44. The Balaban J connectivity index is 2.60. The van der Waals surface area contributed by atoms with Crippen molar-refractivity contribution in [1.29, 1.82) is 0 Å². The third-order valence-electron chi connectivity index (χ3n) is 3.97. The van der Waals surface area contributed by atoms with E-state index in [0.717, 1.165) is 31.5 Å². The Bertz CT molecular complexity index is 386. The van der Waals surface area contributed by atoms with E-state index < -0.39 is 0 Å². The molecule has 120 valence electrons. The zero-order valence-corrected chi connectivity index (χ0v) is 14.6. The van der Waals surface area contributed by atoms with Gasteiger partial charge in [0, 0.05) is 12.6 Å². The zero-order valence-electron chi connectivity index (χ0n) is 14.6. The van der Waals surface area contributed by atoms with Crippen LogP contribution in [0.15, 0.2) is 24.3 Å². The van der Waals surface area contributed by atoms with Gasteiger partial charge in [0.05, 0.1) is 0 Å². The molecule has 1 rings (SSSR count). The van der Waals surface area contributed by atoms with Crippen molar-refractivity contribution in [1.82, 2.24) is 4.90 Å². The average Bonchev–Trinajstić information content (AvgIpc) is 2.41. The van der Waals surface area contributed by atoms with E-state index in [9.17, 15) is 0 Å². The Morgan fingerprint density at radius 3 is 2.05 bits per heavy atom. The predicted octanol–water partition coefficient (Wildman–Crippen LogP) is 4.39. The summed E-state index contributed by atoms with van der Waals surface area (Å²) in [4.78, 5) is 2.55. The number of aryl methyl sites for hydroxylation is 1. The lowest BCUT2D eigenvalue weighted by Crippen LogP contribution is -2.34. The van der Waals surface area contributed by atoms with Crippen molar-refractivity contribution < 1.29 is 0 Å². The van der Waals surface area contributed by atoms with Crippen molar-refractivity contribution in [2.24, 2.45) is 17.6 Å². The second-order valence-electron chi connectivity index (χ2n) is 7.19. The largest absolute Gasteiger partial charge is 0.323 e. The van der Waals surface area contributed by atoms with E-state index in [0.29, 0.717) is 0 Å². The molecule has 0 amide bonds. The topological polar surface area (TPSA) is 29.3 Å². The summed E-state index contributed by atoms with van der Waals surface area (Å²) in [5, 5.41) is 0. The first-order valence-electron chi connectivity index (χ1n) is 8.43. The third kappa shape index (κ3) is 7.63. The second-order valence-corrected chi connectivity index (χ2v) is 7.19. The quantitative estimate of drug-likeness (QED) is 0.731. The van der Waals surface area contributed by atoms with Crippen molar-refractivity contribution in [3.8, 4) is 0 Å². The SMILES string of the molecule is Cc1cccc(C(N)CN(CCC(C)C)CCC(C)C)c1. The molecule has 0 radical (unpaired) electrons. The number of hydrogen-bond acceptors (Lipinski definition) is 2. The van der Waals surface area contributed by atoms with E-state index in [1.54, 1.807) is 0 Å². The van der Waals surface area contributed by atoms with Crippen molar-refractivity contribution in [3.05, 3.63) is 35.4 Å². The summed E-state index contributed by atoms with van der Waals surface area (Å²) in [6.45, 7) is 14.6. The van der Waals surface area contributed by atoms with Crippen molar-refractivity contribution in [2.75, 3.05) is 19.6 Å². The minimum atomic E-state index is 0.115.